The minimum absolute atomic E-state index is 0.0903. The fourth-order valence-corrected chi connectivity index (χ4v) is 3.45. The summed E-state index contributed by atoms with van der Waals surface area (Å²) >= 11 is 7.36. The first kappa shape index (κ1) is 19.1. The van der Waals surface area contributed by atoms with Gasteiger partial charge in [-0.15, -0.1) is 11.3 Å². The summed E-state index contributed by atoms with van der Waals surface area (Å²) in [4.78, 5) is 29.0. The Morgan fingerprint density at radius 1 is 1.07 bits per heavy atom. The Labute approximate surface area is 166 Å². The highest BCUT2D eigenvalue weighted by atomic mass is 35.5. The summed E-state index contributed by atoms with van der Waals surface area (Å²) in [5.41, 5.74) is 3.24. The number of nitrogens with one attached hydrogen (secondary N) is 2. The number of nitrogens with zero attached hydrogens (tertiary/aromatic N) is 1. The number of aromatic nitrogens is 1. The van der Waals surface area contributed by atoms with Gasteiger partial charge in [0.1, 0.15) is 0 Å². The van der Waals surface area contributed by atoms with Gasteiger partial charge in [-0.3, -0.25) is 14.9 Å². The second kappa shape index (κ2) is 8.33. The molecule has 2 N–H and O–H groups in total. The number of rotatable bonds is 5. The van der Waals surface area contributed by atoms with Crippen molar-refractivity contribution in [2.45, 2.75) is 20.4 Å². The number of carbonyl (C=O) groups excluding carboxylic acids is 2. The number of benzene rings is 2. The average Bonchev–Trinajstić information content (AvgIpc) is 3.01. The maximum atomic E-state index is 12.5. The quantitative estimate of drug-likeness (QED) is 0.655. The van der Waals surface area contributed by atoms with Crippen LogP contribution in [0.2, 0.25) is 5.02 Å². The molecule has 1 heterocycles. The van der Waals surface area contributed by atoms with E-state index in [1.54, 1.807) is 12.1 Å². The fourth-order valence-electron chi connectivity index (χ4n) is 2.50. The van der Waals surface area contributed by atoms with Gasteiger partial charge in [0.05, 0.1) is 5.69 Å². The smallest absolute Gasteiger partial charge is 0.257 e. The molecule has 7 heteroatoms. The molecule has 2 aromatic carbocycles. The molecule has 0 unspecified atom stereocenters. The molecule has 0 radical (unpaired) electrons. The third-order valence-corrected chi connectivity index (χ3v) is 5.03. The lowest BCUT2D eigenvalue weighted by atomic mass is 10.1. The fraction of sp³-hybridized carbons (Fsp3) is 0.150. The van der Waals surface area contributed by atoms with Crippen LogP contribution < -0.4 is 10.6 Å². The molecular weight excluding hydrogens is 382 g/mol. The van der Waals surface area contributed by atoms with Crippen LogP contribution >= 0.6 is 22.9 Å². The van der Waals surface area contributed by atoms with Crippen molar-refractivity contribution in [2.75, 3.05) is 5.32 Å². The van der Waals surface area contributed by atoms with Gasteiger partial charge in [-0.05, 0) is 36.8 Å². The van der Waals surface area contributed by atoms with Gasteiger partial charge < -0.3 is 5.32 Å². The highest BCUT2D eigenvalue weighted by Gasteiger charge is 2.13. The van der Waals surface area contributed by atoms with Crippen LogP contribution in [0.3, 0.4) is 0 Å². The number of halogens is 1. The zero-order valence-corrected chi connectivity index (χ0v) is 16.4. The van der Waals surface area contributed by atoms with E-state index < -0.39 is 0 Å². The van der Waals surface area contributed by atoms with Gasteiger partial charge in [0.15, 0.2) is 5.13 Å². The third kappa shape index (κ3) is 4.93. The van der Waals surface area contributed by atoms with E-state index in [-0.39, 0.29) is 11.8 Å². The average molecular weight is 400 g/mol. The van der Waals surface area contributed by atoms with E-state index in [1.165, 1.54) is 18.3 Å². The van der Waals surface area contributed by atoms with Crippen molar-refractivity contribution in [3.63, 3.8) is 0 Å². The normalized spacial score (nSPS) is 10.5. The Bertz CT molecular complexity index is 966. The number of carbonyl (C=O) groups is 2. The Kier molecular flexibility index (Phi) is 5.88. The largest absolute Gasteiger partial charge is 0.352 e. The lowest BCUT2D eigenvalue weighted by Crippen LogP contribution is -2.19. The predicted octanol–water partition coefficient (Wildman–Crippen LogP) is 4.66. The minimum Gasteiger partial charge on any atom is -0.352 e. The minimum atomic E-state index is -0.225. The van der Waals surface area contributed by atoms with Crippen LogP contribution in [0.1, 0.15) is 27.7 Å². The third-order valence-electron chi connectivity index (χ3n) is 3.89. The molecular formula is C20H18ClN3O2S. The Morgan fingerprint density at radius 3 is 2.37 bits per heavy atom. The van der Waals surface area contributed by atoms with Crippen molar-refractivity contribution in [1.29, 1.82) is 0 Å². The van der Waals surface area contributed by atoms with Crippen LogP contribution in [0.25, 0.3) is 11.3 Å². The summed E-state index contributed by atoms with van der Waals surface area (Å²) in [5, 5.41) is 6.78. The second-order valence-electron chi connectivity index (χ2n) is 5.99. The zero-order chi connectivity index (χ0) is 19.4. The first-order chi connectivity index (χ1) is 12.9. The molecule has 5 nitrogen and oxygen atoms in total. The molecule has 0 saturated carbocycles. The molecule has 138 valence electrons. The number of thiazole rings is 1. The van der Waals surface area contributed by atoms with Gasteiger partial charge in [-0.1, -0.05) is 35.9 Å². The molecule has 0 aliphatic rings. The first-order valence-corrected chi connectivity index (χ1v) is 9.50. The van der Waals surface area contributed by atoms with Crippen molar-refractivity contribution in [2.24, 2.45) is 0 Å². The summed E-state index contributed by atoms with van der Waals surface area (Å²) in [6.45, 7) is 3.87. The molecule has 0 aliphatic heterocycles. The maximum absolute atomic E-state index is 12.5. The van der Waals surface area contributed by atoms with E-state index in [4.69, 9.17) is 11.6 Å². The zero-order valence-electron chi connectivity index (χ0n) is 14.9. The molecule has 27 heavy (non-hydrogen) atoms. The molecule has 3 aromatic rings. The number of hydrogen-bond acceptors (Lipinski definition) is 4. The lowest BCUT2D eigenvalue weighted by molar-refractivity contribution is -0.119. The van der Waals surface area contributed by atoms with Gasteiger partial charge in [-0.25, -0.2) is 4.98 Å². The number of amides is 2. The van der Waals surface area contributed by atoms with E-state index in [0.29, 0.717) is 22.3 Å². The van der Waals surface area contributed by atoms with Gasteiger partial charge in [-0.2, -0.15) is 0 Å². The predicted molar refractivity (Wildman–Crippen MR) is 109 cm³/mol. The Hall–Kier alpha value is -2.70. The monoisotopic (exact) mass is 399 g/mol. The topological polar surface area (TPSA) is 71.1 Å². The molecule has 0 atom stereocenters. The summed E-state index contributed by atoms with van der Waals surface area (Å²) < 4.78 is 0. The molecule has 0 aliphatic carbocycles. The molecule has 0 saturated heterocycles. The van der Waals surface area contributed by atoms with Crippen LogP contribution in [0.4, 0.5) is 5.13 Å². The van der Waals surface area contributed by atoms with Gasteiger partial charge in [0, 0.05) is 34.5 Å². The number of aryl methyl sites for hydroxylation is 1. The van der Waals surface area contributed by atoms with E-state index in [1.807, 2.05) is 43.3 Å². The SMILES string of the molecule is CC(=O)NCc1ccc(C(=O)Nc2nc(-c3ccc(Cl)cc3)c(C)s2)cc1. The molecule has 3 rings (SSSR count). The van der Waals surface area contributed by atoms with E-state index in [9.17, 15) is 9.59 Å². The van der Waals surface area contributed by atoms with Crippen LogP contribution in [0, 0.1) is 6.92 Å². The highest BCUT2D eigenvalue weighted by molar-refractivity contribution is 7.16. The highest BCUT2D eigenvalue weighted by Crippen LogP contribution is 2.31. The first-order valence-electron chi connectivity index (χ1n) is 8.30. The van der Waals surface area contributed by atoms with E-state index in [2.05, 4.69) is 15.6 Å². The molecule has 2 amide bonds. The second-order valence-corrected chi connectivity index (χ2v) is 7.63. The van der Waals surface area contributed by atoms with Gasteiger partial charge in [0.2, 0.25) is 5.91 Å². The van der Waals surface area contributed by atoms with Crippen molar-refractivity contribution in [3.8, 4) is 11.3 Å². The molecule has 0 bridgehead atoms. The molecule has 0 fully saturated rings. The Morgan fingerprint density at radius 2 is 1.74 bits per heavy atom. The van der Waals surface area contributed by atoms with E-state index >= 15 is 0 Å². The van der Waals surface area contributed by atoms with Crippen molar-refractivity contribution >= 4 is 39.9 Å². The molecule has 0 spiro atoms. The number of hydrogen-bond donors (Lipinski definition) is 2. The summed E-state index contributed by atoms with van der Waals surface area (Å²) in [7, 11) is 0. The van der Waals surface area contributed by atoms with Gasteiger partial charge in [0.25, 0.3) is 5.91 Å². The lowest BCUT2D eigenvalue weighted by Gasteiger charge is -2.05. The van der Waals surface area contributed by atoms with Crippen LogP contribution in [0.15, 0.2) is 48.5 Å². The molecule has 1 aromatic heterocycles. The van der Waals surface area contributed by atoms with Crippen LogP contribution in [-0.2, 0) is 11.3 Å². The van der Waals surface area contributed by atoms with Crippen LogP contribution in [0.5, 0.6) is 0 Å². The Balaban J connectivity index is 1.70. The van der Waals surface area contributed by atoms with Crippen molar-refractivity contribution < 1.29 is 9.59 Å². The maximum Gasteiger partial charge on any atom is 0.257 e. The standard InChI is InChI=1S/C20H18ClN3O2S/c1-12-18(15-7-9-17(21)10-8-15)23-20(27-12)24-19(26)16-5-3-14(4-6-16)11-22-13(2)25/h3-10H,11H2,1-2H3,(H,22,25)(H,23,24,26). The van der Waals surface area contributed by atoms with Gasteiger partial charge >= 0.3 is 0 Å². The summed E-state index contributed by atoms with van der Waals surface area (Å²) in [6, 6.07) is 14.5. The van der Waals surface area contributed by atoms with Crippen molar-refractivity contribution in [3.05, 3.63) is 69.6 Å². The van der Waals surface area contributed by atoms with E-state index in [0.717, 1.165) is 21.7 Å². The summed E-state index contributed by atoms with van der Waals surface area (Å²) in [5.74, 6) is -0.315. The number of anilines is 1. The van der Waals surface area contributed by atoms with Crippen molar-refractivity contribution in [1.82, 2.24) is 10.3 Å². The summed E-state index contributed by atoms with van der Waals surface area (Å²) in [6.07, 6.45) is 0. The van der Waals surface area contributed by atoms with Crippen LogP contribution in [-0.4, -0.2) is 16.8 Å².